The van der Waals surface area contributed by atoms with Crippen LogP contribution in [0.5, 0.6) is 0 Å². The summed E-state index contributed by atoms with van der Waals surface area (Å²) in [5, 5.41) is 9.57. The van der Waals surface area contributed by atoms with Crippen LogP contribution < -0.4 is 0 Å². The Morgan fingerprint density at radius 2 is 2.10 bits per heavy atom. The predicted molar refractivity (Wildman–Crippen MR) is 76.7 cm³/mol. The summed E-state index contributed by atoms with van der Waals surface area (Å²) in [4.78, 5) is 13.7. The van der Waals surface area contributed by atoms with E-state index in [1.54, 1.807) is 13.0 Å². The molecule has 1 rings (SSSR count). The number of aliphatic hydroxyl groups excluding tert-OH is 1. The molecule has 0 radical (unpaired) electrons. The largest absolute Gasteiger partial charge is 0.463 e. The normalized spacial score (nSPS) is 13.0. The highest BCUT2D eigenvalue weighted by Crippen LogP contribution is 2.20. The van der Waals surface area contributed by atoms with Crippen LogP contribution in [0, 0.1) is 0 Å². The molecule has 5 nitrogen and oxygen atoms in total. The first kappa shape index (κ1) is 16.7. The van der Waals surface area contributed by atoms with Gasteiger partial charge in [0.1, 0.15) is 5.76 Å². The second kappa shape index (κ2) is 7.45. The van der Waals surface area contributed by atoms with Crippen molar-refractivity contribution in [3.63, 3.8) is 0 Å². The lowest BCUT2D eigenvalue weighted by molar-refractivity contribution is 0.0563. The van der Waals surface area contributed by atoms with Crippen LogP contribution in [-0.4, -0.2) is 41.8 Å². The third-order valence-corrected chi connectivity index (χ3v) is 3.21. The standard InChI is InChI=1S/C15H25NO4/c1-6-13-12(7-14(20-13)15(18)19-5)9-16(10(2)3)8-11(4)17/h7,10-11,17H,6,8-9H2,1-5H3. The maximum atomic E-state index is 11.5. The Balaban J connectivity index is 2.93. The SMILES string of the molecule is CCc1oc(C(=O)OC)cc1CN(CC(C)O)C(C)C. The molecule has 0 saturated carbocycles. The molecule has 0 aromatic carbocycles. The molecule has 0 aliphatic carbocycles. The summed E-state index contributed by atoms with van der Waals surface area (Å²) in [5.74, 6) is 0.569. The lowest BCUT2D eigenvalue weighted by Crippen LogP contribution is -2.36. The molecule has 1 atom stereocenters. The van der Waals surface area contributed by atoms with E-state index in [-0.39, 0.29) is 5.76 Å². The summed E-state index contributed by atoms with van der Waals surface area (Å²) in [6.45, 7) is 9.14. The van der Waals surface area contributed by atoms with E-state index in [2.05, 4.69) is 23.5 Å². The van der Waals surface area contributed by atoms with Crippen molar-refractivity contribution in [1.82, 2.24) is 4.90 Å². The van der Waals surface area contributed by atoms with Gasteiger partial charge in [-0.05, 0) is 26.8 Å². The molecule has 5 heteroatoms. The van der Waals surface area contributed by atoms with Crippen molar-refractivity contribution in [2.24, 2.45) is 0 Å². The van der Waals surface area contributed by atoms with Gasteiger partial charge in [0, 0.05) is 31.1 Å². The number of esters is 1. The van der Waals surface area contributed by atoms with E-state index in [4.69, 9.17) is 4.42 Å². The predicted octanol–water partition coefficient (Wildman–Crippen LogP) is 2.22. The van der Waals surface area contributed by atoms with Crippen LogP contribution in [0.15, 0.2) is 10.5 Å². The molecule has 20 heavy (non-hydrogen) atoms. The summed E-state index contributed by atoms with van der Waals surface area (Å²) >= 11 is 0. The highest BCUT2D eigenvalue weighted by Gasteiger charge is 2.20. The van der Waals surface area contributed by atoms with E-state index in [9.17, 15) is 9.90 Å². The van der Waals surface area contributed by atoms with Gasteiger partial charge in [0.2, 0.25) is 5.76 Å². The Morgan fingerprint density at radius 1 is 1.45 bits per heavy atom. The summed E-state index contributed by atoms with van der Waals surface area (Å²) in [7, 11) is 1.34. The minimum absolute atomic E-state index is 0.236. The van der Waals surface area contributed by atoms with Crippen LogP contribution >= 0.6 is 0 Å². The Morgan fingerprint density at radius 3 is 2.55 bits per heavy atom. The number of ether oxygens (including phenoxy) is 1. The molecule has 1 aromatic heterocycles. The lowest BCUT2D eigenvalue weighted by Gasteiger charge is -2.27. The van der Waals surface area contributed by atoms with Crippen molar-refractivity contribution in [1.29, 1.82) is 0 Å². The molecule has 1 aromatic rings. The van der Waals surface area contributed by atoms with E-state index in [0.29, 0.717) is 25.6 Å². The van der Waals surface area contributed by atoms with E-state index in [1.165, 1.54) is 7.11 Å². The molecule has 1 heterocycles. The van der Waals surface area contributed by atoms with Crippen molar-refractivity contribution in [2.75, 3.05) is 13.7 Å². The number of rotatable bonds is 7. The van der Waals surface area contributed by atoms with Crippen molar-refractivity contribution < 1.29 is 19.1 Å². The number of carbonyl (C=O) groups excluding carboxylic acids is 1. The summed E-state index contributed by atoms with van der Waals surface area (Å²) in [5.41, 5.74) is 0.974. The molecular weight excluding hydrogens is 258 g/mol. The third kappa shape index (κ3) is 4.35. The molecule has 0 fully saturated rings. The van der Waals surface area contributed by atoms with Gasteiger partial charge in [-0.3, -0.25) is 4.90 Å². The van der Waals surface area contributed by atoms with Gasteiger partial charge in [0.25, 0.3) is 0 Å². The average Bonchev–Trinajstić information content (AvgIpc) is 2.79. The van der Waals surface area contributed by atoms with Crippen LogP contribution in [0.25, 0.3) is 0 Å². The molecule has 0 aliphatic heterocycles. The summed E-state index contributed by atoms with van der Waals surface area (Å²) in [6.07, 6.45) is 0.321. The Labute approximate surface area is 120 Å². The summed E-state index contributed by atoms with van der Waals surface area (Å²) < 4.78 is 10.2. The molecule has 0 amide bonds. The number of carbonyl (C=O) groups is 1. The summed E-state index contributed by atoms with van der Waals surface area (Å²) in [6, 6.07) is 2.04. The maximum absolute atomic E-state index is 11.5. The third-order valence-electron chi connectivity index (χ3n) is 3.21. The van der Waals surface area contributed by atoms with Crippen molar-refractivity contribution >= 4 is 5.97 Å². The molecule has 0 saturated heterocycles. The number of methoxy groups -OCH3 is 1. The zero-order valence-electron chi connectivity index (χ0n) is 13.0. The average molecular weight is 283 g/mol. The number of hydrogen-bond donors (Lipinski definition) is 1. The van der Waals surface area contributed by atoms with Gasteiger partial charge in [-0.15, -0.1) is 0 Å². The van der Waals surface area contributed by atoms with E-state index in [1.807, 2.05) is 6.92 Å². The first-order valence-corrected chi connectivity index (χ1v) is 7.01. The fourth-order valence-corrected chi connectivity index (χ4v) is 2.12. The van der Waals surface area contributed by atoms with Gasteiger partial charge in [-0.2, -0.15) is 0 Å². The van der Waals surface area contributed by atoms with E-state index >= 15 is 0 Å². The van der Waals surface area contributed by atoms with Gasteiger partial charge in [-0.1, -0.05) is 6.92 Å². The van der Waals surface area contributed by atoms with Crippen molar-refractivity contribution in [2.45, 2.75) is 52.8 Å². The molecule has 0 bridgehead atoms. The van der Waals surface area contributed by atoms with Gasteiger partial charge >= 0.3 is 5.97 Å². The topological polar surface area (TPSA) is 62.9 Å². The van der Waals surface area contributed by atoms with Crippen LogP contribution in [0.2, 0.25) is 0 Å². The number of hydrogen-bond acceptors (Lipinski definition) is 5. The molecule has 1 unspecified atom stereocenters. The Kier molecular flexibility index (Phi) is 6.23. The van der Waals surface area contributed by atoms with Gasteiger partial charge in [0.05, 0.1) is 13.2 Å². The minimum atomic E-state index is -0.461. The monoisotopic (exact) mass is 283 g/mol. The first-order valence-electron chi connectivity index (χ1n) is 7.01. The molecule has 0 aliphatic rings. The highest BCUT2D eigenvalue weighted by molar-refractivity contribution is 5.86. The number of aryl methyl sites for hydroxylation is 1. The number of aliphatic hydroxyl groups is 1. The fraction of sp³-hybridized carbons (Fsp3) is 0.667. The maximum Gasteiger partial charge on any atom is 0.373 e. The molecular formula is C15H25NO4. The van der Waals surface area contributed by atoms with Gasteiger partial charge in [0.15, 0.2) is 0 Å². The smallest absolute Gasteiger partial charge is 0.373 e. The zero-order chi connectivity index (χ0) is 15.3. The van der Waals surface area contributed by atoms with Crippen LogP contribution in [0.1, 0.15) is 49.6 Å². The van der Waals surface area contributed by atoms with Crippen molar-refractivity contribution in [3.8, 4) is 0 Å². The molecule has 114 valence electrons. The van der Waals surface area contributed by atoms with Crippen molar-refractivity contribution in [3.05, 3.63) is 23.2 Å². The van der Waals surface area contributed by atoms with Crippen LogP contribution in [0.3, 0.4) is 0 Å². The highest BCUT2D eigenvalue weighted by atomic mass is 16.5. The van der Waals surface area contributed by atoms with E-state index < -0.39 is 12.1 Å². The van der Waals surface area contributed by atoms with Crippen LogP contribution in [-0.2, 0) is 17.7 Å². The first-order chi connectivity index (χ1) is 9.38. The Hall–Kier alpha value is -1.33. The quantitative estimate of drug-likeness (QED) is 0.777. The lowest BCUT2D eigenvalue weighted by atomic mass is 10.1. The van der Waals surface area contributed by atoms with E-state index in [0.717, 1.165) is 11.3 Å². The zero-order valence-corrected chi connectivity index (χ0v) is 13.0. The minimum Gasteiger partial charge on any atom is -0.463 e. The fourth-order valence-electron chi connectivity index (χ4n) is 2.12. The number of furan rings is 1. The second-order valence-corrected chi connectivity index (χ2v) is 5.28. The second-order valence-electron chi connectivity index (χ2n) is 5.28. The molecule has 0 spiro atoms. The Bertz CT molecular complexity index is 437. The van der Waals surface area contributed by atoms with Gasteiger partial charge < -0.3 is 14.3 Å². The number of nitrogens with zero attached hydrogens (tertiary/aromatic N) is 1. The molecule has 1 N–H and O–H groups in total. The van der Waals surface area contributed by atoms with Crippen LogP contribution in [0.4, 0.5) is 0 Å². The van der Waals surface area contributed by atoms with Gasteiger partial charge in [-0.25, -0.2) is 4.79 Å².